The first-order valence-corrected chi connectivity index (χ1v) is 1.64. The molecule has 0 amide bonds. The molecule has 42 valence electrons. The molecule has 0 aliphatic heterocycles. The summed E-state index contributed by atoms with van der Waals surface area (Å²) in [5.41, 5.74) is 4.92. The first kappa shape index (κ1) is 6.03. The first-order valence-electron chi connectivity index (χ1n) is 1.64. The molecule has 5 N–H and O–H groups in total. The molecule has 0 aliphatic rings. The third-order valence-corrected chi connectivity index (χ3v) is 0.464. The zero-order valence-corrected chi connectivity index (χ0v) is 4.00. The second-order valence-corrected chi connectivity index (χ2v) is 1.01. The molecule has 0 bridgehead atoms. The molecule has 0 atom stereocenters. The SMILES string of the molecule is CN(O)C(N)=NN. The van der Waals surface area contributed by atoms with Gasteiger partial charge < -0.3 is 11.6 Å². The maximum Gasteiger partial charge on any atom is 0.236 e. The number of guanidine groups is 1. The fraction of sp³-hybridized carbons (Fsp3) is 0.500. The lowest BCUT2D eigenvalue weighted by Gasteiger charge is -2.04. The van der Waals surface area contributed by atoms with Gasteiger partial charge in [-0.05, 0) is 0 Å². The number of nitrogens with zero attached hydrogens (tertiary/aromatic N) is 2. The van der Waals surface area contributed by atoms with Crippen molar-refractivity contribution >= 4 is 5.96 Å². The predicted molar refractivity (Wildman–Crippen MR) is 25.4 cm³/mol. The topological polar surface area (TPSA) is 87.9 Å². The number of nitrogens with two attached hydrogens (primary N) is 2. The van der Waals surface area contributed by atoms with Crippen molar-refractivity contribution in [1.82, 2.24) is 5.06 Å². The van der Waals surface area contributed by atoms with Crippen LogP contribution in [0.3, 0.4) is 0 Å². The minimum absolute atomic E-state index is 0.111. The van der Waals surface area contributed by atoms with Crippen LogP contribution in [0, 0.1) is 0 Å². The molecule has 5 nitrogen and oxygen atoms in total. The van der Waals surface area contributed by atoms with E-state index < -0.39 is 0 Å². The fourth-order valence-electron chi connectivity index (χ4n) is 0.0836. The Morgan fingerprint density at radius 1 is 1.86 bits per heavy atom. The van der Waals surface area contributed by atoms with Crippen molar-refractivity contribution < 1.29 is 5.21 Å². The Kier molecular flexibility index (Phi) is 1.94. The average molecular weight is 104 g/mol. The van der Waals surface area contributed by atoms with Crippen molar-refractivity contribution in [3.8, 4) is 0 Å². The van der Waals surface area contributed by atoms with Gasteiger partial charge in [0.05, 0.1) is 0 Å². The fourth-order valence-corrected chi connectivity index (χ4v) is 0.0836. The van der Waals surface area contributed by atoms with Crippen LogP contribution in [-0.2, 0) is 0 Å². The van der Waals surface area contributed by atoms with Gasteiger partial charge in [-0.25, -0.2) is 5.06 Å². The molecule has 0 aromatic heterocycles. The highest BCUT2D eigenvalue weighted by atomic mass is 16.5. The monoisotopic (exact) mass is 104 g/mol. The van der Waals surface area contributed by atoms with E-state index in [1.54, 1.807) is 0 Å². The van der Waals surface area contributed by atoms with Crippen molar-refractivity contribution in [2.75, 3.05) is 7.05 Å². The summed E-state index contributed by atoms with van der Waals surface area (Å²) in [6.45, 7) is 0. The van der Waals surface area contributed by atoms with Crippen LogP contribution in [0.25, 0.3) is 0 Å². The minimum Gasteiger partial charge on any atom is -0.367 e. The number of hydroxylamine groups is 2. The van der Waals surface area contributed by atoms with Crippen molar-refractivity contribution in [2.24, 2.45) is 16.7 Å². The van der Waals surface area contributed by atoms with Crippen LogP contribution in [0.1, 0.15) is 0 Å². The van der Waals surface area contributed by atoms with Crippen molar-refractivity contribution in [3.05, 3.63) is 0 Å². The van der Waals surface area contributed by atoms with Gasteiger partial charge in [0.15, 0.2) is 0 Å². The van der Waals surface area contributed by atoms with E-state index >= 15 is 0 Å². The number of hydrazone groups is 1. The standard InChI is InChI=1S/C2H8N4O/c1-6(7)2(3)5-4/h7H,4H2,1H3,(H2,3,5). The summed E-state index contributed by atoms with van der Waals surface area (Å²) in [5.74, 6) is 4.52. The maximum absolute atomic E-state index is 8.32. The molecule has 0 saturated carbocycles. The predicted octanol–water partition coefficient (Wildman–Crippen LogP) is -1.50. The summed E-state index contributed by atoms with van der Waals surface area (Å²) in [6.07, 6.45) is 0. The highest BCUT2D eigenvalue weighted by Gasteiger charge is 1.89. The lowest BCUT2D eigenvalue weighted by atomic mass is 11.0. The van der Waals surface area contributed by atoms with E-state index in [-0.39, 0.29) is 5.96 Å². The van der Waals surface area contributed by atoms with Gasteiger partial charge in [0, 0.05) is 7.05 Å². The average Bonchev–Trinajstić information content (AvgIpc) is 1.65. The summed E-state index contributed by atoms with van der Waals surface area (Å²) in [5, 5.41) is 11.9. The first-order chi connectivity index (χ1) is 3.18. The molecule has 0 saturated heterocycles. The summed E-state index contributed by atoms with van der Waals surface area (Å²) >= 11 is 0. The lowest BCUT2D eigenvalue weighted by Crippen LogP contribution is -2.31. The van der Waals surface area contributed by atoms with Crippen molar-refractivity contribution in [2.45, 2.75) is 0 Å². The summed E-state index contributed by atoms with van der Waals surface area (Å²) < 4.78 is 0. The summed E-state index contributed by atoms with van der Waals surface area (Å²) in [4.78, 5) is 0. The highest BCUT2D eigenvalue weighted by Crippen LogP contribution is 1.65. The smallest absolute Gasteiger partial charge is 0.236 e. The van der Waals surface area contributed by atoms with Gasteiger partial charge in [-0.1, -0.05) is 0 Å². The van der Waals surface area contributed by atoms with Crippen LogP contribution in [0.15, 0.2) is 5.10 Å². The Morgan fingerprint density at radius 2 is 2.29 bits per heavy atom. The lowest BCUT2D eigenvalue weighted by molar-refractivity contribution is 0.0117. The molecule has 0 aliphatic carbocycles. The Morgan fingerprint density at radius 3 is 2.29 bits per heavy atom. The van der Waals surface area contributed by atoms with Crippen LogP contribution in [0.2, 0.25) is 0 Å². The van der Waals surface area contributed by atoms with Crippen LogP contribution in [-0.4, -0.2) is 23.3 Å². The molecule has 0 spiro atoms. The zero-order valence-electron chi connectivity index (χ0n) is 4.00. The molecule has 0 radical (unpaired) electrons. The van der Waals surface area contributed by atoms with E-state index in [9.17, 15) is 0 Å². The van der Waals surface area contributed by atoms with Crippen LogP contribution < -0.4 is 11.6 Å². The molecule has 0 rings (SSSR count). The van der Waals surface area contributed by atoms with Gasteiger partial charge in [-0.15, -0.1) is 5.10 Å². The van der Waals surface area contributed by atoms with E-state index in [0.717, 1.165) is 0 Å². The van der Waals surface area contributed by atoms with Gasteiger partial charge in [0.2, 0.25) is 5.96 Å². The normalized spacial score (nSPS) is 11.4. The van der Waals surface area contributed by atoms with Crippen molar-refractivity contribution in [3.63, 3.8) is 0 Å². The molecule has 0 unspecified atom stereocenters. The maximum atomic E-state index is 8.32. The second kappa shape index (κ2) is 2.25. The molecule has 0 aromatic carbocycles. The van der Waals surface area contributed by atoms with E-state index in [2.05, 4.69) is 10.9 Å². The molecule has 7 heavy (non-hydrogen) atoms. The summed E-state index contributed by atoms with van der Waals surface area (Å²) in [6, 6.07) is 0. The van der Waals surface area contributed by atoms with E-state index in [1.165, 1.54) is 7.05 Å². The molecule has 0 fully saturated rings. The van der Waals surface area contributed by atoms with Crippen LogP contribution in [0.4, 0.5) is 0 Å². The Bertz CT molecular complexity index is 77.8. The van der Waals surface area contributed by atoms with Crippen LogP contribution >= 0.6 is 0 Å². The number of hydrogen-bond acceptors (Lipinski definition) is 3. The zero-order chi connectivity index (χ0) is 5.86. The Balaban J connectivity index is 3.56. The van der Waals surface area contributed by atoms with Gasteiger partial charge >= 0.3 is 0 Å². The van der Waals surface area contributed by atoms with Gasteiger partial charge in [0.1, 0.15) is 0 Å². The van der Waals surface area contributed by atoms with Crippen molar-refractivity contribution in [1.29, 1.82) is 0 Å². The third kappa shape index (κ3) is 1.83. The molecule has 5 heteroatoms. The van der Waals surface area contributed by atoms with Gasteiger partial charge in [-0.3, -0.25) is 5.21 Å². The van der Waals surface area contributed by atoms with E-state index in [0.29, 0.717) is 5.06 Å². The minimum atomic E-state index is -0.111. The Labute approximate surface area is 41.2 Å². The Hall–Kier alpha value is -0.970. The third-order valence-electron chi connectivity index (χ3n) is 0.464. The van der Waals surface area contributed by atoms with Crippen LogP contribution in [0.5, 0.6) is 0 Å². The van der Waals surface area contributed by atoms with Gasteiger partial charge in [-0.2, -0.15) is 0 Å². The molecular weight excluding hydrogens is 96.0 g/mol. The molecule has 0 heterocycles. The van der Waals surface area contributed by atoms with E-state index in [4.69, 9.17) is 10.9 Å². The summed E-state index contributed by atoms with van der Waals surface area (Å²) in [7, 11) is 1.33. The highest BCUT2D eigenvalue weighted by molar-refractivity contribution is 5.75. The number of hydrogen-bond donors (Lipinski definition) is 3. The quantitative estimate of drug-likeness (QED) is 0.151. The second-order valence-electron chi connectivity index (χ2n) is 1.01. The number of rotatable bonds is 0. The molecular formula is C2H8N4O. The van der Waals surface area contributed by atoms with E-state index in [1.807, 2.05) is 0 Å². The molecule has 0 aromatic rings. The largest absolute Gasteiger partial charge is 0.367 e. The van der Waals surface area contributed by atoms with Gasteiger partial charge in [0.25, 0.3) is 0 Å².